The van der Waals surface area contributed by atoms with E-state index in [1.165, 1.54) is 19.3 Å². The lowest BCUT2D eigenvalue weighted by atomic mass is 9.95. The maximum Gasteiger partial charge on any atom is 0.320 e. The lowest BCUT2D eigenvalue weighted by Crippen LogP contribution is -2.46. The number of hydrogen-bond acceptors (Lipinski definition) is 3. The van der Waals surface area contributed by atoms with Crippen LogP contribution in [0.3, 0.4) is 0 Å². The molecule has 0 heterocycles. The zero-order valence-corrected chi connectivity index (χ0v) is 11.3. The molecule has 18 heavy (non-hydrogen) atoms. The SMILES string of the molecule is CCC(C(=O)O)N(C)CC(=O)NC1CCCCC1. The highest BCUT2D eigenvalue weighted by Gasteiger charge is 2.23. The highest BCUT2D eigenvalue weighted by molar-refractivity contribution is 5.80. The minimum atomic E-state index is -0.870. The molecular formula is C13H24N2O3. The molecule has 1 amide bonds. The summed E-state index contributed by atoms with van der Waals surface area (Å²) < 4.78 is 0. The van der Waals surface area contributed by atoms with Crippen LogP contribution in [0.25, 0.3) is 0 Å². The number of nitrogens with one attached hydrogen (secondary N) is 1. The highest BCUT2D eigenvalue weighted by Crippen LogP contribution is 2.17. The molecule has 0 radical (unpaired) electrons. The number of carbonyl (C=O) groups excluding carboxylic acids is 1. The van der Waals surface area contributed by atoms with Crippen LogP contribution in [0.5, 0.6) is 0 Å². The Morgan fingerprint density at radius 2 is 1.94 bits per heavy atom. The van der Waals surface area contributed by atoms with E-state index in [-0.39, 0.29) is 18.5 Å². The maximum atomic E-state index is 11.8. The molecule has 0 aromatic carbocycles. The van der Waals surface area contributed by atoms with E-state index in [2.05, 4.69) is 5.32 Å². The van der Waals surface area contributed by atoms with Crippen molar-refractivity contribution in [3.8, 4) is 0 Å². The number of hydrogen-bond donors (Lipinski definition) is 2. The van der Waals surface area contributed by atoms with E-state index >= 15 is 0 Å². The first kappa shape index (κ1) is 15.0. The van der Waals surface area contributed by atoms with Gasteiger partial charge in [0, 0.05) is 6.04 Å². The third-order valence-electron chi connectivity index (χ3n) is 3.57. The van der Waals surface area contributed by atoms with Crippen LogP contribution in [0.4, 0.5) is 0 Å². The summed E-state index contributed by atoms with van der Waals surface area (Å²) in [5.41, 5.74) is 0. The van der Waals surface area contributed by atoms with E-state index in [1.807, 2.05) is 6.92 Å². The van der Waals surface area contributed by atoms with Gasteiger partial charge in [-0.15, -0.1) is 0 Å². The summed E-state index contributed by atoms with van der Waals surface area (Å²) in [5, 5.41) is 12.0. The summed E-state index contributed by atoms with van der Waals surface area (Å²) in [4.78, 5) is 24.4. The predicted octanol–water partition coefficient (Wildman–Crippen LogP) is 1.23. The van der Waals surface area contributed by atoms with Gasteiger partial charge in [0.2, 0.25) is 5.91 Å². The maximum absolute atomic E-state index is 11.8. The van der Waals surface area contributed by atoms with Crippen molar-refractivity contribution >= 4 is 11.9 Å². The highest BCUT2D eigenvalue weighted by atomic mass is 16.4. The van der Waals surface area contributed by atoms with Crippen LogP contribution in [-0.2, 0) is 9.59 Å². The Labute approximate surface area is 109 Å². The Hall–Kier alpha value is -1.10. The number of amides is 1. The Kier molecular flexibility index (Phi) is 6.12. The smallest absolute Gasteiger partial charge is 0.320 e. The summed E-state index contributed by atoms with van der Waals surface area (Å²) in [6, 6.07) is -0.299. The topological polar surface area (TPSA) is 69.6 Å². The molecule has 1 aliphatic rings. The molecule has 1 atom stereocenters. The van der Waals surface area contributed by atoms with E-state index in [0.717, 1.165) is 12.8 Å². The molecule has 0 bridgehead atoms. The van der Waals surface area contributed by atoms with Crippen molar-refractivity contribution in [2.75, 3.05) is 13.6 Å². The number of carboxylic acids is 1. The van der Waals surface area contributed by atoms with Gasteiger partial charge in [0.25, 0.3) is 0 Å². The summed E-state index contributed by atoms with van der Waals surface area (Å²) >= 11 is 0. The Morgan fingerprint density at radius 1 is 1.33 bits per heavy atom. The second-order valence-electron chi connectivity index (χ2n) is 5.08. The van der Waals surface area contributed by atoms with Crippen LogP contribution in [-0.4, -0.2) is 47.6 Å². The first-order chi connectivity index (χ1) is 8.54. The number of aliphatic carboxylic acids is 1. The fraction of sp³-hybridized carbons (Fsp3) is 0.846. The van der Waals surface area contributed by atoms with Crippen LogP contribution in [0.15, 0.2) is 0 Å². The second-order valence-corrected chi connectivity index (χ2v) is 5.08. The largest absolute Gasteiger partial charge is 0.480 e. The fourth-order valence-corrected chi connectivity index (χ4v) is 2.53. The third-order valence-corrected chi connectivity index (χ3v) is 3.57. The van der Waals surface area contributed by atoms with Crippen molar-refractivity contribution in [1.82, 2.24) is 10.2 Å². The molecule has 0 saturated heterocycles. The molecule has 0 spiro atoms. The van der Waals surface area contributed by atoms with E-state index in [4.69, 9.17) is 5.11 Å². The number of likely N-dealkylation sites (N-methyl/N-ethyl adjacent to an activating group) is 1. The quantitative estimate of drug-likeness (QED) is 0.750. The average molecular weight is 256 g/mol. The van der Waals surface area contributed by atoms with Gasteiger partial charge in [-0.1, -0.05) is 26.2 Å². The molecule has 1 fully saturated rings. The van der Waals surface area contributed by atoms with E-state index in [0.29, 0.717) is 6.42 Å². The van der Waals surface area contributed by atoms with E-state index in [9.17, 15) is 9.59 Å². The zero-order valence-electron chi connectivity index (χ0n) is 11.3. The molecule has 0 aromatic rings. The number of carboxylic acid groups (broad SMARTS) is 1. The van der Waals surface area contributed by atoms with Gasteiger partial charge in [0.15, 0.2) is 0 Å². The molecule has 5 heteroatoms. The van der Waals surface area contributed by atoms with Crippen LogP contribution in [0.1, 0.15) is 45.4 Å². The van der Waals surface area contributed by atoms with Gasteiger partial charge in [-0.2, -0.15) is 0 Å². The standard InChI is InChI=1S/C13H24N2O3/c1-3-11(13(17)18)15(2)9-12(16)14-10-7-5-4-6-8-10/h10-11H,3-9H2,1-2H3,(H,14,16)(H,17,18). The van der Waals surface area contributed by atoms with Gasteiger partial charge in [-0.3, -0.25) is 14.5 Å². The molecular weight excluding hydrogens is 232 g/mol. The zero-order chi connectivity index (χ0) is 13.5. The van der Waals surface area contributed by atoms with Gasteiger partial charge in [0.1, 0.15) is 6.04 Å². The lowest BCUT2D eigenvalue weighted by Gasteiger charge is -2.26. The summed E-state index contributed by atoms with van der Waals surface area (Å²) in [6.45, 7) is 1.97. The molecule has 1 saturated carbocycles. The number of rotatable bonds is 6. The first-order valence-corrected chi connectivity index (χ1v) is 6.77. The minimum absolute atomic E-state index is 0.0656. The molecule has 0 aliphatic heterocycles. The number of carbonyl (C=O) groups is 2. The van der Waals surface area contributed by atoms with Gasteiger partial charge in [-0.05, 0) is 26.3 Å². The summed E-state index contributed by atoms with van der Waals surface area (Å²) in [5.74, 6) is -0.936. The van der Waals surface area contributed by atoms with Gasteiger partial charge in [-0.25, -0.2) is 0 Å². The van der Waals surface area contributed by atoms with Gasteiger partial charge >= 0.3 is 5.97 Å². The van der Waals surface area contributed by atoms with Crippen molar-refractivity contribution in [3.05, 3.63) is 0 Å². The Bertz CT molecular complexity index is 288. The molecule has 1 unspecified atom stereocenters. The monoisotopic (exact) mass is 256 g/mol. The van der Waals surface area contributed by atoms with Crippen molar-refractivity contribution in [1.29, 1.82) is 0 Å². The normalized spacial score (nSPS) is 18.6. The third kappa shape index (κ3) is 4.64. The Morgan fingerprint density at radius 3 is 2.44 bits per heavy atom. The first-order valence-electron chi connectivity index (χ1n) is 6.77. The Balaban J connectivity index is 2.36. The molecule has 1 aliphatic carbocycles. The van der Waals surface area contributed by atoms with E-state index < -0.39 is 12.0 Å². The molecule has 0 aromatic heterocycles. The average Bonchev–Trinajstić information content (AvgIpc) is 2.30. The van der Waals surface area contributed by atoms with Crippen LogP contribution < -0.4 is 5.32 Å². The predicted molar refractivity (Wildman–Crippen MR) is 69.4 cm³/mol. The van der Waals surface area contributed by atoms with Crippen molar-refractivity contribution in [2.45, 2.75) is 57.5 Å². The molecule has 1 rings (SSSR count). The fourth-order valence-electron chi connectivity index (χ4n) is 2.53. The summed E-state index contributed by atoms with van der Waals surface area (Å²) in [6.07, 6.45) is 6.20. The van der Waals surface area contributed by atoms with Crippen molar-refractivity contribution in [2.24, 2.45) is 0 Å². The minimum Gasteiger partial charge on any atom is -0.480 e. The van der Waals surface area contributed by atoms with Gasteiger partial charge < -0.3 is 10.4 Å². The van der Waals surface area contributed by atoms with Crippen molar-refractivity contribution < 1.29 is 14.7 Å². The molecule has 104 valence electrons. The van der Waals surface area contributed by atoms with Crippen molar-refractivity contribution in [3.63, 3.8) is 0 Å². The van der Waals surface area contributed by atoms with Crippen LogP contribution >= 0.6 is 0 Å². The lowest BCUT2D eigenvalue weighted by molar-refractivity contribution is -0.143. The van der Waals surface area contributed by atoms with Gasteiger partial charge in [0.05, 0.1) is 6.54 Å². The molecule has 2 N–H and O–H groups in total. The van der Waals surface area contributed by atoms with Crippen LogP contribution in [0.2, 0.25) is 0 Å². The number of nitrogens with zero attached hydrogens (tertiary/aromatic N) is 1. The summed E-state index contributed by atoms with van der Waals surface area (Å²) in [7, 11) is 1.68. The second kappa shape index (κ2) is 7.36. The molecule has 5 nitrogen and oxygen atoms in total. The van der Waals surface area contributed by atoms with Crippen LogP contribution in [0, 0.1) is 0 Å². The van der Waals surface area contributed by atoms with E-state index in [1.54, 1.807) is 11.9 Å².